The van der Waals surface area contributed by atoms with Gasteiger partial charge in [0.2, 0.25) is 0 Å². The van der Waals surface area contributed by atoms with Crippen molar-refractivity contribution in [3.63, 3.8) is 0 Å². The predicted octanol–water partition coefficient (Wildman–Crippen LogP) is 2.97. The topological polar surface area (TPSA) is 66.4 Å². The summed E-state index contributed by atoms with van der Waals surface area (Å²) in [7, 11) is 0. The van der Waals surface area contributed by atoms with Gasteiger partial charge in [-0.05, 0) is 18.1 Å². The smallest absolute Gasteiger partial charge is 0.326 e. The Hall–Kier alpha value is -1.33. The molecular weight excluding hydrogens is 296 g/mol. The van der Waals surface area contributed by atoms with Crippen LogP contribution in [-0.2, 0) is 4.79 Å². The van der Waals surface area contributed by atoms with Gasteiger partial charge in [-0.1, -0.05) is 37.0 Å². The first-order chi connectivity index (χ1) is 8.73. The SMILES string of the molecule is CC(C)[C@H](NC(=O)c1cc(F)c(Cl)cc1Cl)C(=O)O. The Bertz CT molecular complexity index is 520. The van der Waals surface area contributed by atoms with Gasteiger partial charge in [0.05, 0.1) is 15.6 Å². The maximum absolute atomic E-state index is 13.3. The number of carboxylic acids is 1. The van der Waals surface area contributed by atoms with Crippen LogP contribution < -0.4 is 5.32 Å². The molecule has 0 bridgehead atoms. The highest BCUT2D eigenvalue weighted by molar-refractivity contribution is 6.36. The summed E-state index contributed by atoms with van der Waals surface area (Å²) in [6.45, 7) is 3.28. The Morgan fingerprint density at radius 1 is 1.26 bits per heavy atom. The summed E-state index contributed by atoms with van der Waals surface area (Å²) < 4.78 is 13.3. The minimum Gasteiger partial charge on any atom is -0.480 e. The zero-order valence-corrected chi connectivity index (χ0v) is 11.7. The van der Waals surface area contributed by atoms with E-state index in [2.05, 4.69) is 5.32 Å². The van der Waals surface area contributed by atoms with Crippen LogP contribution in [0.2, 0.25) is 10.0 Å². The van der Waals surface area contributed by atoms with Gasteiger partial charge in [0.25, 0.3) is 5.91 Å². The number of rotatable bonds is 4. The number of carbonyl (C=O) groups is 2. The molecule has 0 aliphatic rings. The largest absolute Gasteiger partial charge is 0.480 e. The van der Waals surface area contributed by atoms with Crippen molar-refractivity contribution in [1.29, 1.82) is 0 Å². The quantitative estimate of drug-likeness (QED) is 0.840. The fraction of sp³-hybridized carbons (Fsp3) is 0.333. The lowest BCUT2D eigenvalue weighted by molar-refractivity contribution is -0.140. The van der Waals surface area contributed by atoms with Crippen molar-refractivity contribution in [2.75, 3.05) is 0 Å². The van der Waals surface area contributed by atoms with Crippen LogP contribution in [0.25, 0.3) is 0 Å². The molecule has 1 amide bonds. The molecule has 0 fully saturated rings. The zero-order valence-electron chi connectivity index (χ0n) is 10.2. The second-order valence-corrected chi connectivity index (χ2v) is 5.09. The normalized spacial score (nSPS) is 12.3. The fourth-order valence-electron chi connectivity index (χ4n) is 1.43. The van der Waals surface area contributed by atoms with Gasteiger partial charge in [-0.25, -0.2) is 9.18 Å². The molecule has 104 valence electrons. The van der Waals surface area contributed by atoms with Gasteiger partial charge in [-0.15, -0.1) is 0 Å². The lowest BCUT2D eigenvalue weighted by Crippen LogP contribution is -2.44. The number of hydrogen-bond donors (Lipinski definition) is 2. The molecular formula is C12H12Cl2FNO3. The first-order valence-corrected chi connectivity index (χ1v) is 6.17. The Balaban J connectivity index is 3.01. The van der Waals surface area contributed by atoms with E-state index >= 15 is 0 Å². The van der Waals surface area contributed by atoms with E-state index in [-0.39, 0.29) is 21.5 Å². The molecule has 0 unspecified atom stereocenters. The molecule has 4 nitrogen and oxygen atoms in total. The van der Waals surface area contributed by atoms with Gasteiger partial charge >= 0.3 is 5.97 Å². The van der Waals surface area contributed by atoms with Crippen molar-refractivity contribution < 1.29 is 19.1 Å². The van der Waals surface area contributed by atoms with Crippen LogP contribution in [0.4, 0.5) is 4.39 Å². The third-order valence-corrected chi connectivity index (χ3v) is 3.08. The van der Waals surface area contributed by atoms with Crippen LogP contribution in [0.3, 0.4) is 0 Å². The van der Waals surface area contributed by atoms with Gasteiger partial charge in [-0.2, -0.15) is 0 Å². The van der Waals surface area contributed by atoms with Crippen LogP contribution in [0.5, 0.6) is 0 Å². The number of halogens is 3. The molecule has 1 rings (SSSR count). The van der Waals surface area contributed by atoms with Crippen molar-refractivity contribution in [2.45, 2.75) is 19.9 Å². The Kier molecular flexibility index (Phi) is 5.14. The minimum atomic E-state index is -1.17. The van der Waals surface area contributed by atoms with Gasteiger partial charge in [-0.3, -0.25) is 4.79 Å². The summed E-state index contributed by atoms with van der Waals surface area (Å²) in [4.78, 5) is 22.9. The number of hydrogen-bond acceptors (Lipinski definition) is 2. The van der Waals surface area contributed by atoms with Crippen LogP contribution in [-0.4, -0.2) is 23.0 Å². The van der Waals surface area contributed by atoms with E-state index < -0.39 is 23.7 Å². The van der Waals surface area contributed by atoms with Crippen LogP contribution in [0.15, 0.2) is 12.1 Å². The molecule has 1 atom stereocenters. The summed E-state index contributed by atoms with van der Waals surface area (Å²) in [6.07, 6.45) is 0. The lowest BCUT2D eigenvalue weighted by atomic mass is 10.0. The van der Waals surface area contributed by atoms with Crippen molar-refractivity contribution in [3.8, 4) is 0 Å². The van der Waals surface area contributed by atoms with E-state index in [9.17, 15) is 14.0 Å². The summed E-state index contributed by atoms with van der Waals surface area (Å²) >= 11 is 11.3. The Labute approximate surface area is 119 Å². The summed E-state index contributed by atoms with van der Waals surface area (Å²) in [5.41, 5.74) is -0.157. The van der Waals surface area contributed by atoms with Crippen LogP contribution in [0.1, 0.15) is 24.2 Å². The number of nitrogens with one attached hydrogen (secondary N) is 1. The third-order valence-electron chi connectivity index (χ3n) is 2.47. The first kappa shape index (κ1) is 15.7. The molecule has 7 heteroatoms. The Morgan fingerprint density at radius 3 is 2.32 bits per heavy atom. The van der Waals surface area contributed by atoms with Crippen molar-refractivity contribution in [2.24, 2.45) is 5.92 Å². The predicted molar refractivity (Wildman–Crippen MR) is 70.1 cm³/mol. The van der Waals surface area contributed by atoms with E-state index in [4.69, 9.17) is 28.3 Å². The highest BCUT2D eigenvalue weighted by Crippen LogP contribution is 2.24. The van der Waals surface area contributed by atoms with Gasteiger partial charge in [0, 0.05) is 0 Å². The molecule has 0 aromatic heterocycles. The van der Waals surface area contributed by atoms with Gasteiger partial charge in [0.1, 0.15) is 11.9 Å². The molecule has 0 radical (unpaired) electrons. The number of carbonyl (C=O) groups excluding carboxylic acids is 1. The molecule has 0 spiro atoms. The van der Waals surface area contributed by atoms with Crippen molar-refractivity contribution in [3.05, 3.63) is 33.6 Å². The highest BCUT2D eigenvalue weighted by atomic mass is 35.5. The zero-order chi connectivity index (χ0) is 14.7. The van der Waals surface area contributed by atoms with Crippen molar-refractivity contribution in [1.82, 2.24) is 5.32 Å². The molecule has 0 heterocycles. The molecule has 0 aliphatic heterocycles. The number of aliphatic carboxylic acids is 1. The fourth-order valence-corrected chi connectivity index (χ4v) is 1.90. The number of amides is 1. The molecule has 2 N–H and O–H groups in total. The maximum Gasteiger partial charge on any atom is 0.326 e. The van der Waals surface area contributed by atoms with Gasteiger partial charge < -0.3 is 10.4 Å². The molecule has 19 heavy (non-hydrogen) atoms. The molecule has 0 aliphatic carbocycles. The maximum atomic E-state index is 13.3. The van der Waals surface area contributed by atoms with Crippen LogP contribution in [0, 0.1) is 11.7 Å². The third kappa shape index (κ3) is 3.81. The van der Waals surface area contributed by atoms with Gasteiger partial charge in [0.15, 0.2) is 0 Å². The van der Waals surface area contributed by atoms with E-state index in [0.29, 0.717) is 0 Å². The van der Waals surface area contributed by atoms with Crippen LogP contribution >= 0.6 is 23.2 Å². The molecule has 1 aromatic rings. The second kappa shape index (κ2) is 6.21. The first-order valence-electron chi connectivity index (χ1n) is 5.42. The molecule has 1 aromatic carbocycles. The van der Waals surface area contributed by atoms with E-state index in [0.717, 1.165) is 12.1 Å². The average Bonchev–Trinajstić information content (AvgIpc) is 2.29. The summed E-state index contributed by atoms with van der Waals surface area (Å²) in [5, 5.41) is 11.0. The van der Waals surface area contributed by atoms with E-state index in [1.54, 1.807) is 13.8 Å². The molecule has 0 saturated heterocycles. The minimum absolute atomic E-state index is 0.0446. The summed E-state index contributed by atoms with van der Waals surface area (Å²) in [6, 6.07) is 0.889. The van der Waals surface area contributed by atoms with Crippen molar-refractivity contribution >= 4 is 35.1 Å². The molecule has 0 saturated carbocycles. The van der Waals surface area contributed by atoms with E-state index in [1.807, 2.05) is 0 Å². The average molecular weight is 308 g/mol. The second-order valence-electron chi connectivity index (χ2n) is 4.28. The summed E-state index contributed by atoms with van der Waals surface area (Å²) in [5.74, 6) is -3.06. The van der Waals surface area contributed by atoms with E-state index in [1.165, 1.54) is 0 Å². The lowest BCUT2D eigenvalue weighted by Gasteiger charge is -2.18. The standard InChI is InChI=1S/C12H12Cl2FNO3/c1-5(2)10(12(18)19)16-11(17)6-3-9(15)8(14)4-7(6)13/h3-5,10H,1-2H3,(H,16,17)(H,18,19)/t10-/m0/s1. The highest BCUT2D eigenvalue weighted by Gasteiger charge is 2.25. The Morgan fingerprint density at radius 2 is 1.84 bits per heavy atom. The number of benzene rings is 1. The number of carboxylic acid groups (broad SMARTS) is 1. The monoisotopic (exact) mass is 307 g/mol.